The number of nitrogens with two attached hydrogens (primary N) is 1. The Bertz CT molecular complexity index is 554. The number of nitrogen functional groups attached to an aromatic ring is 1. The number of nitrogens with zero attached hydrogens (tertiary/aromatic N) is 2. The van der Waals surface area contributed by atoms with Crippen LogP contribution < -0.4 is 11.1 Å². The van der Waals surface area contributed by atoms with Crippen LogP contribution in [0.4, 0.5) is 5.69 Å². The van der Waals surface area contributed by atoms with Gasteiger partial charge in [-0.2, -0.15) is 0 Å². The summed E-state index contributed by atoms with van der Waals surface area (Å²) in [4.78, 5) is 15.8. The topological polar surface area (TPSA) is 72.9 Å². The molecule has 5 nitrogen and oxygen atoms in total. The van der Waals surface area contributed by atoms with E-state index in [0.29, 0.717) is 17.8 Å². The van der Waals surface area contributed by atoms with Gasteiger partial charge in [-0.25, -0.2) is 4.98 Å². The molecule has 2 aromatic rings. The van der Waals surface area contributed by atoms with Crippen LogP contribution in [-0.4, -0.2) is 22.0 Å². The number of imidazole rings is 1. The molecule has 0 bridgehead atoms. The molecule has 0 fully saturated rings. The van der Waals surface area contributed by atoms with E-state index in [1.54, 1.807) is 30.7 Å². The molecule has 0 aliphatic carbocycles. The summed E-state index contributed by atoms with van der Waals surface area (Å²) in [7, 11) is 0. The molecular formula is C13H15BrN4O. The Hall–Kier alpha value is -1.82. The number of hydrogen-bond acceptors (Lipinski definition) is 3. The molecule has 0 aliphatic rings. The predicted molar refractivity (Wildman–Crippen MR) is 77.7 cm³/mol. The SMILES string of the molecule is Nc1cc(C(=O)NCCCn2ccnc2)ccc1Br. The molecule has 0 spiro atoms. The lowest BCUT2D eigenvalue weighted by atomic mass is 10.2. The van der Waals surface area contributed by atoms with Crippen molar-refractivity contribution in [2.45, 2.75) is 13.0 Å². The summed E-state index contributed by atoms with van der Waals surface area (Å²) in [6.45, 7) is 1.45. The van der Waals surface area contributed by atoms with Gasteiger partial charge in [0.2, 0.25) is 0 Å². The Balaban J connectivity index is 1.79. The summed E-state index contributed by atoms with van der Waals surface area (Å²) in [5.41, 5.74) is 6.87. The molecule has 0 aliphatic heterocycles. The first kappa shape index (κ1) is 13.6. The van der Waals surface area contributed by atoms with Gasteiger partial charge in [-0.15, -0.1) is 0 Å². The lowest BCUT2D eigenvalue weighted by Gasteiger charge is -2.07. The van der Waals surface area contributed by atoms with E-state index >= 15 is 0 Å². The zero-order chi connectivity index (χ0) is 13.7. The highest BCUT2D eigenvalue weighted by atomic mass is 79.9. The summed E-state index contributed by atoms with van der Waals surface area (Å²) in [6, 6.07) is 5.18. The molecule has 1 aromatic carbocycles. The minimum absolute atomic E-state index is 0.107. The summed E-state index contributed by atoms with van der Waals surface area (Å²) in [5.74, 6) is -0.107. The number of benzene rings is 1. The van der Waals surface area contributed by atoms with Gasteiger partial charge in [-0.1, -0.05) is 0 Å². The van der Waals surface area contributed by atoms with E-state index in [0.717, 1.165) is 17.4 Å². The molecule has 0 saturated heterocycles. The Morgan fingerprint density at radius 3 is 3.00 bits per heavy atom. The third-order valence-corrected chi connectivity index (χ3v) is 3.42. The first-order valence-corrected chi connectivity index (χ1v) is 6.75. The summed E-state index contributed by atoms with van der Waals surface area (Å²) < 4.78 is 2.77. The number of carbonyl (C=O) groups excluding carboxylic acids is 1. The van der Waals surface area contributed by atoms with E-state index in [2.05, 4.69) is 26.2 Å². The second kappa shape index (κ2) is 6.38. The quantitative estimate of drug-likeness (QED) is 0.653. The van der Waals surface area contributed by atoms with Crippen LogP contribution >= 0.6 is 15.9 Å². The lowest BCUT2D eigenvalue weighted by Crippen LogP contribution is -2.25. The molecule has 19 heavy (non-hydrogen) atoms. The molecule has 0 atom stereocenters. The standard InChI is InChI=1S/C13H15BrN4O/c14-11-3-2-10(8-12(11)15)13(19)17-4-1-6-18-7-5-16-9-18/h2-3,5,7-9H,1,4,6,15H2,(H,17,19). The predicted octanol–water partition coefficient (Wildman–Crippen LogP) is 2.05. The van der Waals surface area contributed by atoms with Crippen molar-refractivity contribution < 1.29 is 4.79 Å². The van der Waals surface area contributed by atoms with Gasteiger partial charge in [0, 0.05) is 41.2 Å². The highest BCUT2D eigenvalue weighted by Crippen LogP contribution is 2.20. The Kier molecular flexibility index (Phi) is 4.57. The molecule has 0 radical (unpaired) electrons. The average molecular weight is 323 g/mol. The lowest BCUT2D eigenvalue weighted by molar-refractivity contribution is 0.0953. The van der Waals surface area contributed by atoms with Crippen LogP contribution in [0.5, 0.6) is 0 Å². The molecule has 0 unspecified atom stereocenters. The second-order valence-corrected chi connectivity index (χ2v) is 5.00. The van der Waals surface area contributed by atoms with Gasteiger partial charge in [0.25, 0.3) is 5.91 Å². The van der Waals surface area contributed by atoms with E-state index in [9.17, 15) is 4.79 Å². The minimum atomic E-state index is -0.107. The van der Waals surface area contributed by atoms with E-state index in [1.807, 2.05) is 10.8 Å². The number of aryl methyl sites for hydroxylation is 1. The van der Waals surface area contributed by atoms with Gasteiger partial charge >= 0.3 is 0 Å². The van der Waals surface area contributed by atoms with Crippen molar-refractivity contribution in [2.24, 2.45) is 0 Å². The Labute approximate surface area is 120 Å². The van der Waals surface area contributed by atoms with Gasteiger partial charge in [-0.05, 0) is 40.5 Å². The first-order chi connectivity index (χ1) is 9.16. The number of rotatable bonds is 5. The number of aromatic nitrogens is 2. The molecular weight excluding hydrogens is 308 g/mol. The first-order valence-electron chi connectivity index (χ1n) is 5.96. The third-order valence-electron chi connectivity index (χ3n) is 2.70. The van der Waals surface area contributed by atoms with Crippen molar-refractivity contribution in [2.75, 3.05) is 12.3 Å². The number of nitrogens with one attached hydrogen (secondary N) is 1. The van der Waals surface area contributed by atoms with Gasteiger partial charge in [0.1, 0.15) is 0 Å². The minimum Gasteiger partial charge on any atom is -0.398 e. The normalized spacial score (nSPS) is 10.4. The van der Waals surface area contributed by atoms with Crippen molar-refractivity contribution in [3.05, 3.63) is 47.0 Å². The maximum absolute atomic E-state index is 11.9. The fourth-order valence-corrected chi connectivity index (χ4v) is 1.92. The number of anilines is 1. The Morgan fingerprint density at radius 2 is 2.32 bits per heavy atom. The van der Waals surface area contributed by atoms with Gasteiger partial charge < -0.3 is 15.6 Å². The van der Waals surface area contributed by atoms with Crippen LogP contribution in [-0.2, 0) is 6.54 Å². The van der Waals surface area contributed by atoms with E-state index in [4.69, 9.17) is 5.73 Å². The van der Waals surface area contributed by atoms with Crippen LogP contribution in [0, 0.1) is 0 Å². The fraction of sp³-hybridized carbons (Fsp3) is 0.231. The van der Waals surface area contributed by atoms with Gasteiger partial charge in [0.05, 0.1) is 6.33 Å². The molecule has 3 N–H and O–H groups in total. The number of hydrogen-bond donors (Lipinski definition) is 2. The molecule has 1 aromatic heterocycles. The van der Waals surface area contributed by atoms with Crippen LogP contribution in [0.2, 0.25) is 0 Å². The zero-order valence-corrected chi connectivity index (χ0v) is 11.9. The summed E-state index contributed by atoms with van der Waals surface area (Å²) >= 11 is 3.30. The van der Waals surface area contributed by atoms with Crippen LogP contribution in [0.15, 0.2) is 41.4 Å². The molecule has 6 heteroatoms. The number of amides is 1. The molecule has 100 valence electrons. The third kappa shape index (κ3) is 3.82. The maximum Gasteiger partial charge on any atom is 0.251 e. The van der Waals surface area contributed by atoms with Crippen molar-refractivity contribution in [1.82, 2.24) is 14.9 Å². The van der Waals surface area contributed by atoms with Gasteiger partial charge in [0.15, 0.2) is 0 Å². The van der Waals surface area contributed by atoms with Crippen LogP contribution in [0.3, 0.4) is 0 Å². The van der Waals surface area contributed by atoms with Crippen molar-refractivity contribution >= 4 is 27.5 Å². The highest BCUT2D eigenvalue weighted by molar-refractivity contribution is 9.10. The van der Waals surface area contributed by atoms with Gasteiger partial charge in [-0.3, -0.25) is 4.79 Å². The van der Waals surface area contributed by atoms with E-state index in [-0.39, 0.29) is 5.91 Å². The van der Waals surface area contributed by atoms with Crippen LogP contribution in [0.1, 0.15) is 16.8 Å². The van der Waals surface area contributed by atoms with E-state index in [1.165, 1.54) is 0 Å². The monoisotopic (exact) mass is 322 g/mol. The molecule has 2 rings (SSSR count). The summed E-state index contributed by atoms with van der Waals surface area (Å²) in [6.07, 6.45) is 6.26. The Morgan fingerprint density at radius 1 is 1.47 bits per heavy atom. The zero-order valence-electron chi connectivity index (χ0n) is 10.3. The maximum atomic E-state index is 11.9. The number of halogens is 1. The smallest absolute Gasteiger partial charge is 0.251 e. The van der Waals surface area contributed by atoms with E-state index < -0.39 is 0 Å². The highest BCUT2D eigenvalue weighted by Gasteiger charge is 2.06. The van der Waals surface area contributed by atoms with Crippen molar-refractivity contribution in [1.29, 1.82) is 0 Å². The molecule has 0 saturated carbocycles. The average Bonchev–Trinajstić information content (AvgIpc) is 2.91. The largest absolute Gasteiger partial charge is 0.398 e. The van der Waals surface area contributed by atoms with Crippen molar-refractivity contribution in [3.8, 4) is 0 Å². The fourth-order valence-electron chi connectivity index (χ4n) is 1.67. The number of carbonyl (C=O) groups is 1. The molecule has 1 amide bonds. The van der Waals surface area contributed by atoms with Crippen molar-refractivity contribution in [3.63, 3.8) is 0 Å². The summed E-state index contributed by atoms with van der Waals surface area (Å²) in [5, 5.41) is 2.86. The van der Waals surface area contributed by atoms with Crippen LogP contribution in [0.25, 0.3) is 0 Å². The molecule has 1 heterocycles. The second-order valence-electron chi connectivity index (χ2n) is 4.15.